The first-order chi connectivity index (χ1) is 9.57. The van der Waals surface area contributed by atoms with Gasteiger partial charge in [0.25, 0.3) is 0 Å². The van der Waals surface area contributed by atoms with Gasteiger partial charge in [0.2, 0.25) is 0 Å². The summed E-state index contributed by atoms with van der Waals surface area (Å²) in [7, 11) is 0. The van der Waals surface area contributed by atoms with Gasteiger partial charge in [0, 0.05) is 12.0 Å². The van der Waals surface area contributed by atoms with Crippen molar-refractivity contribution in [3.63, 3.8) is 0 Å². The fraction of sp³-hybridized carbons (Fsp3) is 0.875. The van der Waals surface area contributed by atoms with Crippen LogP contribution >= 0.6 is 0 Å². The predicted molar refractivity (Wildman–Crippen MR) is 78.1 cm³/mol. The molecule has 5 rings (SSSR count). The van der Waals surface area contributed by atoms with Crippen LogP contribution in [-0.2, 0) is 18.5 Å². The van der Waals surface area contributed by atoms with Crippen molar-refractivity contribution in [3.8, 4) is 0 Å². The molecule has 110 valence electrons. The van der Waals surface area contributed by atoms with Crippen molar-refractivity contribution in [1.29, 1.82) is 0 Å². The van der Waals surface area contributed by atoms with E-state index in [1.165, 1.54) is 44.3 Å². The van der Waals surface area contributed by atoms with Crippen molar-refractivity contribution < 1.29 is 0 Å². The Morgan fingerprint density at radius 2 is 1.90 bits per heavy atom. The van der Waals surface area contributed by atoms with Gasteiger partial charge in [-0.15, -0.1) is 10.2 Å². The van der Waals surface area contributed by atoms with E-state index in [1.807, 2.05) is 0 Å². The van der Waals surface area contributed by atoms with Gasteiger partial charge in [0.05, 0.1) is 6.54 Å². The topological polar surface area (TPSA) is 56.7 Å². The monoisotopic (exact) mass is 274 g/mol. The molecule has 2 unspecified atom stereocenters. The molecule has 0 aromatic carbocycles. The largest absolute Gasteiger partial charge is 0.324 e. The first-order valence-corrected chi connectivity index (χ1v) is 8.20. The molecule has 0 radical (unpaired) electrons. The highest BCUT2D eigenvalue weighted by Gasteiger charge is 2.58. The smallest absolute Gasteiger partial charge is 0.146 e. The Balaban J connectivity index is 1.80. The molecule has 0 amide bonds. The SMILES string of the molecule is CCn1c(CN)nnc1C12CC3CC(CC(C)(C3)C1)C2. The molecule has 2 atom stereocenters. The Morgan fingerprint density at radius 1 is 1.20 bits per heavy atom. The lowest BCUT2D eigenvalue weighted by Crippen LogP contribution is -2.53. The lowest BCUT2D eigenvalue weighted by atomic mass is 9.44. The Bertz CT molecular complexity index is 519. The van der Waals surface area contributed by atoms with Crippen LogP contribution in [0.3, 0.4) is 0 Å². The van der Waals surface area contributed by atoms with Crippen molar-refractivity contribution in [1.82, 2.24) is 14.8 Å². The minimum Gasteiger partial charge on any atom is -0.324 e. The van der Waals surface area contributed by atoms with E-state index in [0.29, 0.717) is 17.4 Å². The van der Waals surface area contributed by atoms with E-state index in [4.69, 9.17) is 5.73 Å². The van der Waals surface area contributed by atoms with Crippen LogP contribution in [0.15, 0.2) is 0 Å². The minimum atomic E-state index is 0.301. The third-order valence-corrected chi connectivity index (χ3v) is 6.15. The summed E-state index contributed by atoms with van der Waals surface area (Å²) in [6.45, 7) is 6.15. The summed E-state index contributed by atoms with van der Waals surface area (Å²) in [5.74, 6) is 4.05. The van der Waals surface area contributed by atoms with Crippen molar-refractivity contribution >= 4 is 0 Å². The summed E-state index contributed by atoms with van der Waals surface area (Å²) in [4.78, 5) is 0. The van der Waals surface area contributed by atoms with Gasteiger partial charge in [-0.1, -0.05) is 6.92 Å². The number of hydrogen-bond acceptors (Lipinski definition) is 3. The van der Waals surface area contributed by atoms with Crippen molar-refractivity contribution in [2.45, 2.75) is 70.9 Å². The van der Waals surface area contributed by atoms with E-state index in [9.17, 15) is 0 Å². The molecule has 0 aliphatic heterocycles. The standard InChI is InChI=1S/C16H26N4/c1-3-20-13(9-17)18-19-14(20)16-7-11-4-12(8-16)6-15(2,5-11)10-16/h11-12H,3-10,17H2,1-2H3. The van der Waals surface area contributed by atoms with Crippen LogP contribution in [0.5, 0.6) is 0 Å². The van der Waals surface area contributed by atoms with Crippen LogP contribution in [0.25, 0.3) is 0 Å². The highest BCUT2D eigenvalue weighted by molar-refractivity contribution is 5.20. The molecule has 0 spiro atoms. The summed E-state index contributed by atoms with van der Waals surface area (Å²) < 4.78 is 2.30. The van der Waals surface area contributed by atoms with Crippen LogP contribution in [0.2, 0.25) is 0 Å². The molecule has 4 bridgehead atoms. The zero-order valence-electron chi connectivity index (χ0n) is 12.7. The van der Waals surface area contributed by atoms with Gasteiger partial charge in [-0.3, -0.25) is 0 Å². The molecule has 2 N–H and O–H groups in total. The lowest BCUT2D eigenvalue weighted by molar-refractivity contribution is -0.0661. The molecular weight excluding hydrogens is 248 g/mol. The second kappa shape index (κ2) is 4.06. The fourth-order valence-electron chi connectivity index (χ4n) is 6.19. The predicted octanol–water partition coefficient (Wildman–Crippen LogP) is 2.61. The molecule has 20 heavy (non-hydrogen) atoms. The average molecular weight is 274 g/mol. The first-order valence-electron chi connectivity index (χ1n) is 8.20. The highest BCUT2D eigenvalue weighted by Crippen LogP contribution is 2.65. The van der Waals surface area contributed by atoms with Gasteiger partial charge in [0.1, 0.15) is 11.6 Å². The van der Waals surface area contributed by atoms with Crippen LogP contribution < -0.4 is 5.73 Å². The third-order valence-electron chi connectivity index (χ3n) is 6.15. The zero-order chi connectivity index (χ0) is 14.0. The molecule has 1 heterocycles. The molecule has 0 saturated heterocycles. The van der Waals surface area contributed by atoms with E-state index < -0.39 is 0 Å². The minimum absolute atomic E-state index is 0.301. The quantitative estimate of drug-likeness (QED) is 0.921. The number of nitrogens with two attached hydrogens (primary N) is 1. The van der Waals surface area contributed by atoms with Gasteiger partial charge >= 0.3 is 0 Å². The van der Waals surface area contributed by atoms with Crippen LogP contribution in [-0.4, -0.2) is 14.8 Å². The second-order valence-electron chi connectivity index (χ2n) is 7.94. The van der Waals surface area contributed by atoms with Crippen molar-refractivity contribution in [2.24, 2.45) is 23.0 Å². The zero-order valence-corrected chi connectivity index (χ0v) is 12.7. The van der Waals surface area contributed by atoms with Crippen molar-refractivity contribution in [2.75, 3.05) is 0 Å². The van der Waals surface area contributed by atoms with Crippen LogP contribution in [0, 0.1) is 17.3 Å². The number of aromatic nitrogens is 3. The molecule has 4 saturated carbocycles. The van der Waals surface area contributed by atoms with Gasteiger partial charge in [-0.25, -0.2) is 0 Å². The van der Waals surface area contributed by atoms with Gasteiger partial charge < -0.3 is 10.3 Å². The number of rotatable bonds is 3. The Morgan fingerprint density at radius 3 is 2.45 bits per heavy atom. The Kier molecular flexibility index (Phi) is 2.60. The molecule has 4 heteroatoms. The lowest BCUT2D eigenvalue weighted by Gasteiger charge is -2.60. The summed E-state index contributed by atoms with van der Waals surface area (Å²) in [5, 5.41) is 8.99. The van der Waals surface area contributed by atoms with Crippen LogP contribution in [0.4, 0.5) is 0 Å². The van der Waals surface area contributed by atoms with E-state index in [0.717, 1.165) is 24.2 Å². The van der Waals surface area contributed by atoms with Crippen molar-refractivity contribution in [3.05, 3.63) is 11.6 Å². The normalized spacial score (nSPS) is 42.4. The maximum atomic E-state index is 5.83. The Labute approximate surface area is 121 Å². The van der Waals surface area contributed by atoms with Crippen LogP contribution in [0.1, 0.15) is 64.0 Å². The van der Waals surface area contributed by atoms with E-state index in [-0.39, 0.29) is 0 Å². The summed E-state index contributed by atoms with van der Waals surface area (Å²) in [6, 6.07) is 0. The second-order valence-corrected chi connectivity index (χ2v) is 7.94. The average Bonchev–Trinajstić information content (AvgIpc) is 2.79. The molecule has 1 aromatic rings. The maximum absolute atomic E-state index is 5.83. The first kappa shape index (κ1) is 12.8. The molecule has 4 fully saturated rings. The summed E-state index contributed by atoms with van der Waals surface area (Å²) in [5.41, 5.74) is 6.69. The summed E-state index contributed by atoms with van der Waals surface area (Å²) in [6.07, 6.45) is 8.32. The highest BCUT2D eigenvalue weighted by atomic mass is 15.3. The van der Waals surface area contributed by atoms with E-state index in [1.54, 1.807) is 0 Å². The molecule has 4 aliphatic carbocycles. The van der Waals surface area contributed by atoms with Gasteiger partial charge in [-0.2, -0.15) is 0 Å². The third kappa shape index (κ3) is 1.63. The number of nitrogens with zero attached hydrogens (tertiary/aromatic N) is 3. The fourth-order valence-corrected chi connectivity index (χ4v) is 6.19. The van der Waals surface area contributed by atoms with Gasteiger partial charge in [-0.05, 0) is 62.7 Å². The molecular formula is C16H26N4. The summed E-state index contributed by atoms with van der Waals surface area (Å²) >= 11 is 0. The number of hydrogen-bond donors (Lipinski definition) is 1. The van der Waals surface area contributed by atoms with Gasteiger partial charge in [0.15, 0.2) is 0 Å². The molecule has 1 aromatic heterocycles. The van der Waals surface area contributed by atoms with E-state index in [2.05, 4.69) is 28.6 Å². The maximum Gasteiger partial charge on any atom is 0.146 e. The Hall–Kier alpha value is -0.900. The molecule has 4 nitrogen and oxygen atoms in total. The molecule has 4 aliphatic rings. The van der Waals surface area contributed by atoms with E-state index >= 15 is 0 Å².